The molecular weight excluding hydrogens is 228 g/mol. The molecule has 1 aliphatic rings. The summed E-state index contributed by atoms with van der Waals surface area (Å²) in [6.45, 7) is 2.11. The average Bonchev–Trinajstić information content (AvgIpc) is 2.28. The van der Waals surface area contributed by atoms with Crippen LogP contribution < -0.4 is 0 Å². The average molecular weight is 243 g/mol. The third-order valence-corrected chi connectivity index (χ3v) is 3.12. The minimum Gasteiger partial charge on any atom is -0.0840 e. The fourth-order valence-corrected chi connectivity index (χ4v) is 2.09. The van der Waals surface area contributed by atoms with Gasteiger partial charge in [0, 0.05) is 5.02 Å². The van der Waals surface area contributed by atoms with Crippen LogP contribution in [0.3, 0.4) is 0 Å². The predicted octanol–water partition coefficient (Wildman–Crippen LogP) is 4.97. The number of hydrogen-bond donors (Lipinski definition) is 0. The van der Waals surface area contributed by atoms with Crippen LogP contribution in [0.2, 0.25) is 5.02 Å². The van der Waals surface area contributed by atoms with Crippen LogP contribution in [0, 0.1) is 0 Å². The third-order valence-electron chi connectivity index (χ3n) is 2.76. The Morgan fingerprint density at radius 1 is 1.00 bits per heavy atom. The highest BCUT2D eigenvalue weighted by atomic mass is 35.5. The number of halogens is 1. The van der Waals surface area contributed by atoms with Crippen molar-refractivity contribution in [1.29, 1.82) is 0 Å². The molecule has 0 bridgehead atoms. The molecule has 1 aromatic rings. The first-order valence-electron chi connectivity index (χ1n) is 5.82. The van der Waals surface area contributed by atoms with E-state index in [2.05, 4.69) is 31.2 Å². The van der Waals surface area contributed by atoms with Crippen molar-refractivity contribution in [3.05, 3.63) is 76.9 Å². The lowest BCUT2D eigenvalue weighted by Gasteiger charge is -2.06. The van der Waals surface area contributed by atoms with Crippen LogP contribution in [0.1, 0.15) is 18.1 Å². The van der Waals surface area contributed by atoms with E-state index in [0.717, 1.165) is 17.0 Å². The molecule has 1 aromatic carbocycles. The summed E-state index contributed by atoms with van der Waals surface area (Å²) in [6, 6.07) is 6.26. The smallest absolute Gasteiger partial charge is 0.0444 e. The van der Waals surface area contributed by atoms with Crippen LogP contribution in [0.25, 0.3) is 5.57 Å². The highest BCUT2D eigenvalue weighted by Gasteiger charge is 2.02. The molecule has 0 nitrogen and oxygen atoms in total. The molecule has 0 amide bonds. The van der Waals surface area contributed by atoms with Crippen molar-refractivity contribution < 1.29 is 0 Å². The van der Waals surface area contributed by atoms with Crippen LogP contribution in [0.15, 0.2) is 60.7 Å². The molecule has 0 heterocycles. The van der Waals surface area contributed by atoms with E-state index in [0.29, 0.717) is 0 Å². The normalized spacial score (nSPS) is 23.1. The Kier molecular flexibility index (Phi) is 4.00. The van der Waals surface area contributed by atoms with Crippen LogP contribution in [-0.2, 0) is 6.42 Å². The molecule has 0 radical (unpaired) electrons. The SMILES string of the molecule is CCc1ccc(C2=C/C=C\C=C/C=C\2)cc1Cl. The fraction of sp³-hybridized carbons (Fsp3) is 0.125. The van der Waals surface area contributed by atoms with Gasteiger partial charge in [-0.25, -0.2) is 0 Å². The maximum atomic E-state index is 6.24. The van der Waals surface area contributed by atoms with Gasteiger partial charge in [0.25, 0.3) is 0 Å². The Labute approximate surface area is 108 Å². The van der Waals surface area contributed by atoms with Gasteiger partial charge in [-0.05, 0) is 29.2 Å². The second-order valence-corrected chi connectivity index (χ2v) is 4.32. The van der Waals surface area contributed by atoms with Gasteiger partial charge in [0.2, 0.25) is 0 Å². The van der Waals surface area contributed by atoms with E-state index in [1.807, 2.05) is 36.4 Å². The number of allylic oxidation sites excluding steroid dienone is 8. The Hall–Kier alpha value is -1.53. The maximum Gasteiger partial charge on any atom is 0.0444 e. The van der Waals surface area contributed by atoms with Crippen molar-refractivity contribution in [1.82, 2.24) is 0 Å². The van der Waals surface area contributed by atoms with E-state index < -0.39 is 0 Å². The largest absolute Gasteiger partial charge is 0.0840 e. The molecule has 0 unspecified atom stereocenters. The van der Waals surface area contributed by atoms with Gasteiger partial charge < -0.3 is 0 Å². The molecule has 86 valence electrons. The van der Waals surface area contributed by atoms with E-state index in [4.69, 9.17) is 11.6 Å². The topological polar surface area (TPSA) is 0 Å². The number of benzene rings is 1. The minimum atomic E-state index is 0.848. The second kappa shape index (κ2) is 5.70. The van der Waals surface area contributed by atoms with Crippen molar-refractivity contribution in [2.45, 2.75) is 13.3 Å². The summed E-state index contributed by atoms with van der Waals surface area (Å²) in [6.07, 6.45) is 15.3. The molecular formula is C16H15Cl. The van der Waals surface area contributed by atoms with Crippen molar-refractivity contribution in [3.63, 3.8) is 0 Å². The molecule has 0 atom stereocenters. The molecule has 0 fully saturated rings. The number of rotatable bonds is 2. The van der Waals surface area contributed by atoms with E-state index in [1.165, 1.54) is 11.1 Å². The number of hydrogen-bond acceptors (Lipinski definition) is 0. The molecule has 0 aliphatic heterocycles. The summed E-state index contributed by atoms with van der Waals surface area (Å²) in [5, 5.41) is 0.848. The Balaban J connectivity index is 2.37. The standard InChI is InChI=1S/C16H15Cl/c1-2-13-10-11-15(12-16(13)17)14-8-6-4-3-5-7-9-14/h3-12H,2H2,1H3/b4-3-,5-3?,6-4?,7-5-,8-6-,9-7?,14-8?,14-9+. The lowest BCUT2D eigenvalue weighted by atomic mass is 10.0. The van der Waals surface area contributed by atoms with Crippen LogP contribution >= 0.6 is 11.6 Å². The van der Waals surface area contributed by atoms with Gasteiger partial charge in [0.1, 0.15) is 0 Å². The minimum absolute atomic E-state index is 0.848. The zero-order valence-electron chi connectivity index (χ0n) is 9.86. The van der Waals surface area contributed by atoms with Gasteiger partial charge >= 0.3 is 0 Å². The summed E-state index contributed by atoms with van der Waals surface area (Å²) < 4.78 is 0. The molecule has 0 N–H and O–H groups in total. The van der Waals surface area contributed by atoms with Gasteiger partial charge in [-0.3, -0.25) is 0 Å². The monoisotopic (exact) mass is 242 g/mol. The van der Waals surface area contributed by atoms with Crippen molar-refractivity contribution in [2.24, 2.45) is 0 Å². The molecule has 0 spiro atoms. The third kappa shape index (κ3) is 2.98. The summed E-state index contributed by atoms with van der Waals surface area (Å²) >= 11 is 6.24. The van der Waals surface area contributed by atoms with E-state index >= 15 is 0 Å². The van der Waals surface area contributed by atoms with Gasteiger partial charge in [0.15, 0.2) is 0 Å². The molecule has 1 aliphatic carbocycles. The van der Waals surface area contributed by atoms with Gasteiger partial charge in [-0.1, -0.05) is 73.2 Å². The lowest BCUT2D eigenvalue weighted by Crippen LogP contribution is -1.86. The summed E-state index contributed by atoms with van der Waals surface area (Å²) in [5.41, 5.74) is 3.53. The van der Waals surface area contributed by atoms with E-state index in [9.17, 15) is 0 Å². The van der Waals surface area contributed by atoms with Gasteiger partial charge in [0.05, 0.1) is 0 Å². The Morgan fingerprint density at radius 3 is 2.53 bits per heavy atom. The van der Waals surface area contributed by atoms with Crippen LogP contribution in [-0.4, -0.2) is 0 Å². The Bertz CT molecular complexity index is 516. The first kappa shape index (κ1) is 11.9. The second-order valence-electron chi connectivity index (χ2n) is 3.91. The van der Waals surface area contributed by atoms with Gasteiger partial charge in [-0.2, -0.15) is 0 Å². The van der Waals surface area contributed by atoms with Crippen molar-refractivity contribution >= 4 is 17.2 Å². The summed E-state index contributed by atoms with van der Waals surface area (Å²) in [7, 11) is 0. The molecule has 0 saturated carbocycles. The lowest BCUT2D eigenvalue weighted by molar-refractivity contribution is 1.14. The predicted molar refractivity (Wildman–Crippen MR) is 76.2 cm³/mol. The highest BCUT2D eigenvalue weighted by molar-refractivity contribution is 6.31. The quantitative estimate of drug-likeness (QED) is 0.687. The van der Waals surface area contributed by atoms with E-state index in [-0.39, 0.29) is 0 Å². The van der Waals surface area contributed by atoms with Crippen LogP contribution in [0.4, 0.5) is 0 Å². The fourth-order valence-electron chi connectivity index (χ4n) is 1.77. The zero-order valence-corrected chi connectivity index (χ0v) is 10.6. The first-order valence-corrected chi connectivity index (χ1v) is 6.19. The summed E-state index contributed by atoms with van der Waals surface area (Å²) in [4.78, 5) is 0. The highest BCUT2D eigenvalue weighted by Crippen LogP contribution is 2.24. The first-order chi connectivity index (χ1) is 8.31. The molecule has 0 aromatic heterocycles. The van der Waals surface area contributed by atoms with Crippen LogP contribution in [0.5, 0.6) is 0 Å². The zero-order chi connectivity index (χ0) is 12.1. The molecule has 0 saturated heterocycles. The maximum absolute atomic E-state index is 6.24. The van der Waals surface area contributed by atoms with Crippen molar-refractivity contribution in [2.75, 3.05) is 0 Å². The molecule has 1 heteroatoms. The van der Waals surface area contributed by atoms with Crippen molar-refractivity contribution in [3.8, 4) is 0 Å². The molecule has 17 heavy (non-hydrogen) atoms. The Morgan fingerprint density at radius 2 is 1.76 bits per heavy atom. The van der Waals surface area contributed by atoms with E-state index in [1.54, 1.807) is 0 Å². The number of aryl methyl sites for hydroxylation is 1. The van der Waals surface area contributed by atoms with Gasteiger partial charge in [-0.15, -0.1) is 0 Å². The molecule has 2 rings (SSSR count). The summed E-state index contributed by atoms with van der Waals surface area (Å²) in [5.74, 6) is 0.